The average molecular weight is 391 g/mol. The van der Waals surface area contributed by atoms with Crippen LogP contribution in [-0.2, 0) is 16.1 Å². The Balaban J connectivity index is 1.35. The van der Waals surface area contributed by atoms with Crippen molar-refractivity contribution in [1.82, 2.24) is 15.1 Å². The highest BCUT2D eigenvalue weighted by molar-refractivity contribution is 5.81. The Morgan fingerprint density at radius 2 is 1.66 bits per heavy atom. The van der Waals surface area contributed by atoms with E-state index in [-0.39, 0.29) is 18.4 Å². The van der Waals surface area contributed by atoms with Gasteiger partial charge in [0, 0.05) is 38.4 Å². The van der Waals surface area contributed by atoms with Gasteiger partial charge in [0.15, 0.2) is 0 Å². The third kappa shape index (κ3) is 6.33. The summed E-state index contributed by atoms with van der Waals surface area (Å²) in [6, 6.07) is 18.9. The SMILES string of the molecule is N#Cc1ccc(NCC(=O)N2CCN(CC(=O)NCc3ccccc3)CC2)cc1. The Kier molecular flexibility index (Phi) is 7.20. The highest BCUT2D eigenvalue weighted by Gasteiger charge is 2.22. The second kappa shape index (κ2) is 10.2. The quantitative estimate of drug-likeness (QED) is 0.746. The van der Waals surface area contributed by atoms with E-state index in [9.17, 15) is 9.59 Å². The molecule has 2 aromatic rings. The van der Waals surface area contributed by atoms with Gasteiger partial charge in [0.2, 0.25) is 11.8 Å². The Labute approximate surface area is 170 Å². The van der Waals surface area contributed by atoms with Gasteiger partial charge in [-0.15, -0.1) is 0 Å². The molecule has 7 heteroatoms. The fourth-order valence-corrected chi connectivity index (χ4v) is 3.16. The Morgan fingerprint density at radius 1 is 0.966 bits per heavy atom. The Hall–Kier alpha value is -3.37. The molecule has 2 aromatic carbocycles. The molecular formula is C22H25N5O2. The maximum absolute atomic E-state index is 12.4. The van der Waals surface area contributed by atoms with Crippen LogP contribution in [0.5, 0.6) is 0 Å². The maximum Gasteiger partial charge on any atom is 0.241 e. The number of nitrogens with one attached hydrogen (secondary N) is 2. The minimum atomic E-state index is -0.00360. The van der Waals surface area contributed by atoms with Gasteiger partial charge in [-0.1, -0.05) is 30.3 Å². The van der Waals surface area contributed by atoms with Crippen LogP contribution in [0.25, 0.3) is 0 Å². The highest BCUT2D eigenvalue weighted by atomic mass is 16.2. The number of nitrogens with zero attached hydrogens (tertiary/aromatic N) is 3. The molecular weight excluding hydrogens is 366 g/mol. The number of amides is 2. The molecule has 1 fully saturated rings. The monoisotopic (exact) mass is 391 g/mol. The van der Waals surface area contributed by atoms with Crippen LogP contribution in [0.3, 0.4) is 0 Å². The molecule has 7 nitrogen and oxygen atoms in total. The molecule has 0 aromatic heterocycles. The number of hydrogen-bond acceptors (Lipinski definition) is 5. The third-order valence-corrected chi connectivity index (χ3v) is 4.88. The summed E-state index contributed by atoms with van der Waals surface area (Å²) in [5, 5.41) is 14.8. The number of anilines is 1. The van der Waals surface area contributed by atoms with Gasteiger partial charge in [0.1, 0.15) is 0 Å². The summed E-state index contributed by atoms with van der Waals surface area (Å²) in [4.78, 5) is 28.4. The summed E-state index contributed by atoms with van der Waals surface area (Å²) in [7, 11) is 0. The van der Waals surface area contributed by atoms with Gasteiger partial charge in [-0.2, -0.15) is 5.26 Å². The number of carbonyl (C=O) groups excluding carboxylic acids is 2. The summed E-state index contributed by atoms with van der Waals surface area (Å²) < 4.78 is 0. The fourth-order valence-electron chi connectivity index (χ4n) is 3.16. The summed E-state index contributed by atoms with van der Waals surface area (Å²) in [5.41, 5.74) is 2.47. The summed E-state index contributed by atoms with van der Waals surface area (Å²) >= 11 is 0. The van der Waals surface area contributed by atoms with Crippen molar-refractivity contribution in [2.45, 2.75) is 6.54 Å². The average Bonchev–Trinajstić information content (AvgIpc) is 2.77. The van der Waals surface area contributed by atoms with Gasteiger partial charge in [-0.05, 0) is 29.8 Å². The van der Waals surface area contributed by atoms with Crippen molar-refractivity contribution in [2.24, 2.45) is 0 Å². The summed E-state index contributed by atoms with van der Waals surface area (Å²) in [6.45, 7) is 3.67. The van der Waals surface area contributed by atoms with Gasteiger partial charge in [0.05, 0.1) is 24.7 Å². The normalized spacial score (nSPS) is 14.1. The molecule has 1 aliphatic heterocycles. The number of hydrogen-bond donors (Lipinski definition) is 2. The van der Waals surface area contributed by atoms with Crippen molar-refractivity contribution in [1.29, 1.82) is 5.26 Å². The van der Waals surface area contributed by atoms with Crippen LogP contribution < -0.4 is 10.6 Å². The molecule has 150 valence electrons. The van der Waals surface area contributed by atoms with Crippen LogP contribution in [0.1, 0.15) is 11.1 Å². The molecule has 0 saturated carbocycles. The molecule has 29 heavy (non-hydrogen) atoms. The van der Waals surface area contributed by atoms with E-state index in [0.29, 0.717) is 44.8 Å². The van der Waals surface area contributed by atoms with E-state index in [1.54, 1.807) is 24.3 Å². The van der Waals surface area contributed by atoms with E-state index in [0.717, 1.165) is 11.3 Å². The first-order valence-corrected chi connectivity index (χ1v) is 9.69. The number of piperazine rings is 1. The number of rotatable bonds is 7. The third-order valence-electron chi connectivity index (χ3n) is 4.88. The van der Waals surface area contributed by atoms with E-state index in [1.807, 2.05) is 35.2 Å². The fraction of sp³-hybridized carbons (Fsp3) is 0.318. The summed E-state index contributed by atoms with van der Waals surface area (Å²) in [5.74, 6) is 0.0265. The molecule has 1 saturated heterocycles. The first kappa shape index (κ1) is 20.4. The molecule has 2 N–H and O–H groups in total. The number of benzene rings is 2. The zero-order valence-electron chi connectivity index (χ0n) is 16.3. The topological polar surface area (TPSA) is 88.5 Å². The number of carbonyl (C=O) groups is 2. The number of nitriles is 1. The zero-order valence-corrected chi connectivity index (χ0v) is 16.3. The van der Waals surface area contributed by atoms with Crippen molar-refractivity contribution in [3.63, 3.8) is 0 Å². The standard InChI is InChI=1S/C22H25N5O2/c23-14-18-6-8-20(9-7-18)24-16-22(29)27-12-10-26(11-13-27)17-21(28)25-15-19-4-2-1-3-5-19/h1-9,24H,10-13,15-17H2,(H,25,28). The van der Waals surface area contributed by atoms with Crippen molar-refractivity contribution < 1.29 is 9.59 Å². The smallest absolute Gasteiger partial charge is 0.241 e. The van der Waals surface area contributed by atoms with Crippen molar-refractivity contribution in [2.75, 3.05) is 44.6 Å². The second-order valence-corrected chi connectivity index (χ2v) is 6.96. The first-order chi connectivity index (χ1) is 14.1. The Bertz CT molecular complexity index is 853. The van der Waals surface area contributed by atoms with Gasteiger partial charge in [-0.25, -0.2) is 0 Å². The van der Waals surface area contributed by atoms with Gasteiger partial charge in [-0.3, -0.25) is 14.5 Å². The Morgan fingerprint density at radius 3 is 2.31 bits per heavy atom. The van der Waals surface area contributed by atoms with Crippen LogP contribution >= 0.6 is 0 Å². The van der Waals surface area contributed by atoms with Crippen LogP contribution in [0.4, 0.5) is 5.69 Å². The lowest BCUT2D eigenvalue weighted by Gasteiger charge is -2.34. The molecule has 0 bridgehead atoms. The molecule has 0 spiro atoms. The van der Waals surface area contributed by atoms with Gasteiger partial charge in [0.25, 0.3) is 0 Å². The largest absolute Gasteiger partial charge is 0.376 e. The van der Waals surface area contributed by atoms with Crippen molar-refractivity contribution in [3.05, 3.63) is 65.7 Å². The predicted octanol–water partition coefficient (Wildman–Crippen LogP) is 1.43. The van der Waals surface area contributed by atoms with Crippen molar-refractivity contribution >= 4 is 17.5 Å². The van der Waals surface area contributed by atoms with E-state index >= 15 is 0 Å². The van der Waals surface area contributed by atoms with Crippen LogP contribution in [0.2, 0.25) is 0 Å². The second-order valence-electron chi connectivity index (χ2n) is 6.96. The lowest BCUT2D eigenvalue weighted by molar-refractivity contribution is -0.131. The lowest BCUT2D eigenvalue weighted by atomic mass is 10.2. The van der Waals surface area contributed by atoms with Gasteiger partial charge < -0.3 is 15.5 Å². The minimum absolute atomic E-state index is 0.00360. The molecule has 2 amide bonds. The molecule has 0 radical (unpaired) electrons. The molecule has 0 unspecified atom stereocenters. The van der Waals surface area contributed by atoms with Crippen LogP contribution in [0, 0.1) is 11.3 Å². The lowest BCUT2D eigenvalue weighted by Crippen LogP contribution is -2.52. The first-order valence-electron chi connectivity index (χ1n) is 9.69. The summed E-state index contributed by atoms with van der Waals surface area (Å²) in [6.07, 6.45) is 0. The van der Waals surface area contributed by atoms with E-state index in [2.05, 4.69) is 21.6 Å². The predicted molar refractivity (Wildman–Crippen MR) is 111 cm³/mol. The minimum Gasteiger partial charge on any atom is -0.376 e. The van der Waals surface area contributed by atoms with E-state index < -0.39 is 0 Å². The molecule has 3 rings (SSSR count). The van der Waals surface area contributed by atoms with Crippen molar-refractivity contribution in [3.8, 4) is 6.07 Å². The molecule has 1 heterocycles. The van der Waals surface area contributed by atoms with Crippen LogP contribution in [-0.4, -0.2) is 60.9 Å². The molecule has 0 aliphatic carbocycles. The molecule has 1 aliphatic rings. The maximum atomic E-state index is 12.4. The zero-order chi connectivity index (χ0) is 20.5. The van der Waals surface area contributed by atoms with E-state index in [4.69, 9.17) is 5.26 Å². The van der Waals surface area contributed by atoms with Crippen LogP contribution in [0.15, 0.2) is 54.6 Å². The highest BCUT2D eigenvalue weighted by Crippen LogP contribution is 2.09. The van der Waals surface area contributed by atoms with Gasteiger partial charge >= 0.3 is 0 Å². The van der Waals surface area contributed by atoms with E-state index in [1.165, 1.54) is 0 Å². The molecule has 0 atom stereocenters.